The van der Waals surface area contributed by atoms with Crippen molar-refractivity contribution in [2.75, 3.05) is 19.5 Å². The molecule has 0 saturated carbocycles. The lowest BCUT2D eigenvalue weighted by atomic mass is 10.1. The highest BCUT2D eigenvalue weighted by molar-refractivity contribution is 6.39. The molecule has 8 nitrogen and oxygen atoms in total. The van der Waals surface area contributed by atoms with Crippen LogP contribution in [0.1, 0.15) is 18.1 Å². The largest absolute Gasteiger partial charge is 0.497 e. The molecule has 0 fully saturated rings. The van der Waals surface area contributed by atoms with Gasteiger partial charge in [0.05, 0.1) is 19.9 Å². The number of hydrazone groups is 1. The Hall–Kier alpha value is -4.85. The minimum absolute atomic E-state index is 0.378. The van der Waals surface area contributed by atoms with Crippen LogP contribution in [0.15, 0.2) is 90.0 Å². The molecule has 0 saturated heterocycles. The number of hydrogen-bond donors (Lipinski definition) is 2. The molecular formula is C29H27N3O5. The van der Waals surface area contributed by atoms with Crippen LogP contribution in [0.4, 0.5) is 5.69 Å². The fourth-order valence-corrected chi connectivity index (χ4v) is 3.70. The molecule has 0 unspecified atom stereocenters. The standard InChI is InChI=1S/C29H27N3O5/c1-19(31-32-29(34)28(33)30-23-12-14-24(35-2)15-13-23)21-11-16-26(27(17-21)36-3)37-18-22-9-6-8-20-7-4-5-10-25(20)22/h4-17H,18H2,1-3H3,(H,30,33)(H,32,34). The van der Waals surface area contributed by atoms with E-state index >= 15 is 0 Å². The van der Waals surface area contributed by atoms with Gasteiger partial charge in [-0.2, -0.15) is 5.10 Å². The summed E-state index contributed by atoms with van der Waals surface area (Å²) in [6, 6.07) is 26.2. The third-order valence-corrected chi connectivity index (χ3v) is 5.72. The molecule has 0 aliphatic rings. The summed E-state index contributed by atoms with van der Waals surface area (Å²) >= 11 is 0. The summed E-state index contributed by atoms with van der Waals surface area (Å²) in [6.45, 7) is 2.09. The van der Waals surface area contributed by atoms with E-state index in [1.54, 1.807) is 57.5 Å². The van der Waals surface area contributed by atoms with Gasteiger partial charge in [0.15, 0.2) is 11.5 Å². The maximum atomic E-state index is 12.2. The van der Waals surface area contributed by atoms with Crippen LogP contribution in [0.5, 0.6) is 17.2 Å². The van der Waals surface area contributed by atoms with Crippen LogP contribution >= 0.6 is 0 Å². The topological polar surface area (TPSA) is 98.2 Å². The Balaban J connectivity index is 1.39. The van der Waals surface area contributed by atoms with Gasteiger partial charge in [0.1, 0.15) is 12.4 Å². The first-order valence-electron chi connectivity index (χ1n) is 11.6. The van der Waals surface area contributed by atoms with Gasteiger partial charge in [-0.25, -0.2) is 5.43 Å². The lowest BCUT2D eigenvalue weighted by Crippen LogP contribution is -2.32. The summed E-state index contributed by atoms with van der Waals surface area (Å²) in [6.07, 6.45) is 0. The number of fused-ring (bicyclic) bond motifs is 1. The molecule has 0 aromatic heterocycles. The number of carbonyl (C=O) groups excluding carboxylic acids is 2. The number of nitrogens with one attached hydrogen (secondary N) is 2. The quantitative estimate of drug-likeness (QED) is 0.205. The van der Waals surface area contributed by atoms with E-state index in [0.717, 1.165) is 16.3 Å². The third-order valence-electron chi connectivity index (χ3n) is 5.72. The summed E-state index contributed by atoms with van der Waals surface area (Å²) in [5.74, 6) is 0.0162. The summed E-state index contributed by atoms with van der Waals surface area (Å²) in [4.78, 5) is 24.4. The first-order chi connectivity index (χ1) is 18.0. The average molecular weight is 498 g/mol. The van der Waals surface area contributed by atoms with Crippen molar-refractivity contribution in [2.45, 2.75) is 13.5 Å². The van der Waals surface area contributed by atoms with Crippen LogP contribution in [0, 0.1) is 0 Å². The minimum atomic E-state index is -0.892. The van der Waals surface area contributed by atoms with Crippen molar-refractivity contribution in [3.05, 3.63) is 96.1 Å². The molecule has 0 atom stereocenters. The Labute approximate surface area is 214 Å². The third kappa shape index (κ3) is 6.24. The number of methoxy groups -OCH3 is 2. The number of carbonyl (C=O) groups is 2. The van der Waals surface area contributed by atoms with Crippen LogP contribution < -0.4 is 25.0 Å². The normalized spacial score (nSPS) is 11.1. The van der Waals surface area contributed by atoms with E-state index in [1.165, 1.54) is 0 Å². The summed E-state index contributed by atoms with van der Waals surface area (Å²) < 4.78 is 16.7. The molecule has 37 heavy (non-hydrogen) atoms. The summed E-state index contributed by atoms with van der Waals surface area (Å²) in [5, 5.41) is 8.85. The van der Waals surface area contributed by atoms with Gasteiger partial charge >= 0.3 is 11.8 Å². The number of ether oxygens (including phenoxy) is 3. The molecule has 4 rings (SSSR count). The maximum Gasteiger partial charge on any atom is 0.329 e. The van der Waals surface area contributed by atoms with Gasteiger partial charge < -0.3 is 19.5 Å². The Morgan fingerprint density at radius 3 is 2.32 bits per heavy atom. The molecular weight excluding hydrogens is 470 g/mol. The zero-order valence-electron chi connectivity index (χ0n) is 20.8. The summed E-state index contributed by atoms with van der Waals surface area (Å²) in [5.41, 5.74) is 5.00. The predicted molar refractivity (Wildman–Crippen MR) is 143 cm³/mol. The second-order valence-corrected chi connectivity index (χ2v) is 8.11. The molecule has 4 aromatic rings. The monoisotopic (exact) mass is 497 g/mol. The van der Waals surface area contributed by atoms with E-state index < -0.39 is 11.8 Å². The number of amides is 2. The highest BCUT2D eigenvalue weighted by Crippen LogP contribution is 2.30. The van der Waals surface area contributed by atoms with Gasteiger partial charge in [-0.1, -0.05) is 42.5 Å². The highest BCUT2D eigenvalue weighted by atomic mass is 16.5. The fourth-order valence-electron chi connectivity index (χ4n) is 3.70. The molecule has 0 radical (unpaired) electrons. The molecule has 8 heteroatoms. The first-order valence-corrected chi connectivity index (χ1v) is 11.6. The lowest BCUT2D eigenvalue weighted by Gasteiger charge is -2.13. The van der Waals surface area contributed by atoms with E-state index in [9.17, 15) is 9.59 Å². The van der Waals surface area contributed by atoms with Crippen molar-refractivity contribution in [3.8, 4) is 17.2 Å². The van der Waals surface area contributed by atoms with Crippen LogP contribution in [-0.4, -0.2) is 31.7 Å². The van der Waals surface area contributed by atoms with Gasteiger partial charge in [-0.05, 0) is 65.7 Å². The van der Waals surface area contributed by atoms with Gasteiger partial charge in [0.25, 0.3) is 0 Å². The number of anilines is 1. The number of hydrogen-bond acceptors (Lipinski definition) is 6. The smallest absolute Gasteiger partial charge is 0.329 e. The van der Waals surface area contributed by atoms with Crippen LogP contribution in [0.3, 0.4) is 0 Å². The average Bonchev–Trinajstić information content (AvgIpc) is 2.94. The van der Waals surface area contributed by atoms with Crippen molar-refractivity contribution in [2.24, 2.45) is 5.10 Å². The van der Waals surface area contributed by atoms with E-state index in [-0.39, 0.29) is 0 Å². The second kappa shape index (κ2) is 11.7. The second-order valence-electron chi connectivity index (χ2n) is 8.11. The van der Waals surface area contributed by atoms with Crippen LogP contribution in [-0.2, 0) is 16.2 Å². The molecule has 0 spiro atoms. The number of rotatable bonds is 8. The van der Waals surface area contributed by atoms with E-state index in [4.69, 9.17) is 14.2 Å². The van der Waals surface area contributed by atoms with Crippen LogP contribution in [0.25, 0.3) is 10.8 Å². The van der Waals surface area contributed by atoms with Crippen molar-refractivity contribution < 1.29 is 23.8 Å². The van der Waals surface area contributed by atoms with E-state index in [2.05, 4.69) is 34.0 Å². The maximum absolute atomic E-state index is 12.2. The van der Waals surface area contributed by atoms with Crippen molar-refractivity contribution in [3.63, 3.8) is 0 Å². The minimum Gasteiger partial charge on any atom is -0.497 e. The Bertz CT molecular complexity index is 1440. The molecule has 0 bridgehead atoms. The van der Waals surface area contributed by atoms with E-state index in [1.807, 2.05) is 30.3 Å². The Kier molecular flexibility index (Phi) is 8.00. The van der Waals surface area contributed by atoms with Crippen LogP contribution in [0.2, 0.25) is 0 Å². The first kappa shape index (κ1) is 25.2. The SMILES string of the molecule is COc1ccc(NC(=O)C(=O)NN=C(C)c2ccc(OCc3cccc4ccccc34)c(OC)c2)cc1. The molecule has 188 valence electrons. The summed E-state index contributed by atoms with van der Waals surface area (Å²) in [7, 11) is 3.10. The molecule has 2 amide bonds. The zero-order valence-corrected chi connectivity index (χ0v) is 20.8. The molecule has 4 aromatic carbocycles. The molecule has 0 aliphatic heterocycles. The number of benzene rings is 4. The van der Waals surface area contributed by atoms with Crippen molar-refractivity contribution >= 4 is 34.0 Å². The van der Waals surface area contributed by atoms with E-state index in [0.29, 0.717) is 40.8 Å². The predicted octanol–water partition coefficient (Wildman–Crippen LogP) is 4.91. The fraction of sp³-hybridized carbons (Fsp3) is 0.138. The Morgan fingerprint density at radius 2 is 1.57 bits per heavy atom. The van der Waals surface area contributed by atoms with Gasteiger partial charge in [0, 0.05) is 11.3 Å². The van der Waals surface area contributed by atoms with Gasteiger partial charge in [-0.3, -0.25) is 9.59 Å². The molecule has 0 heterocycles. The van der Waals surface area contributed by atoms with Crippen molar-refractivity contribution in [1.82, 2.24) is 5.43 Å². The molecule has 0 aliphatic carbocycles. The van der Waals surface area contributed by atoms with Gasteiger partial charge in [-0.15, -0.1) is 0 Å². The van der Waals surface area contributed by atoms with Crippen molar-refractivity contribution in [1.29, 1.82) is 0 Å². The number of nitrogens with zero attached hydrogens (tertiary/aromatic N) is 1. The highest BCUT2D eigenvalue weighted by Gasteiger charge is 2.14. The Morgan fingerprint density at radius 1 is 0.811 bits per heavy atom. The lowest BCUT2D eigenvalue weighted by molar-refractivity contribution is -0.136. The zero-order chi connectivity index (χ0) is 26.2. The van der Waals surface area contributed by atoms with Gasteiger partial charge in [0.2, 0.25) is 0 Å². The molecule has 2 N–H and O–H groups in total.